The number of likely N-dealkylation sites (tertiary alicyclic amines) is 1. The van der Waals surface area contributed by atoms with E-state index in [0.717, 1.165) is 14.9 Å². The Bertz CT molecular complexity index is 690. The third kappa shape index (κ3) is 3.15. The lowest BCUT2D eigenvalue weighted by molar-refractivity contribution is -0.146. The molecule has 0 saturated carbocycles. The van der Waals surface area contributed by atoms with Crippen molar-refractivity contribution >= 4 is 33.7 Å². The van der Waals surface area contributed by atoms with Crippen LogP contribution in [0.15, 0.2) is 40.9 Å². The van der Waals surface area contributed by atoms with Gasteiger partial charge in [0, 0.05) is 18.1 Å². The van der Waals surface area contributed by atoms with Crippen LogP contribution in [0.3, 0.4) is 0 Å². The number of allylic oxidation sites excluding steroid dienone is 2. The number of carbonyl (C=O) groups excluding carboxylic acids is 3. The highest BCUT2D eigenvalue weighted by Gasteiger charge is 2.47. The van der Waals surface area contributed by atoms with Crippen LogP contribution < -0.4 is 0 Å². The summed E-state index contributed by atoms with van der Waals surface area (Å²) in [5.74, 6) is -1.24. The van der Waals surface area contributed by atoms with Gasteiger partial charge < -0.3 is 4.90 Å². The first-order chi connectivity index (χ1) is 11.5. The van der Waals surface area contributed by atoms with Crippen molar-refractivity contribution in [2.75, 3.05) is 13.6 Å². The summed E-state index contributed by atoms with van der Waals surface area (Å²) in [4.78, 5) is 40.0. The number of hydrogen-bond acceptors (Lipinski definition) is 3. The van der Waals surface area contributed by atoms with Crippen molar-refractivity contribution in [2.45, 2.75) is 19.4 Å². The molecule has 6 heteroatoms. The molecule has 126 valence electrons. The minimum Gasteiger partial charge on any atom is -0.340 e. The molecule has 2 atom stereocenters. The van der Waals surface area contributed by atoms with Crippen LogP contribution in [0.1, 0.15) is 18.4 Å². The van der Waals surface area contributed by atoms with Crippen molar-refractivity contribution in [1.29, 1.82) is 0 Å². The monoisotopic (exact) mass is 390 g/mol. The Labute approximate surface area is 149 Å². The summed E-state index contributed by atoms with van der Waals surface area (Å²) < 4.78 is 0.926. The second-order valence-corrected chi connectivity index (χ2v) is 7.11. The zero-order valence-corrected chi connectivity index (χ0v) is 15.0. The highest BCUT2D eigenvalue weighted by atomic mass is 79.9. The molecule has 3 amide bonds. The number of benzene rings is 1. The number of imide groups is 1. The van der Waals surface area contributed by atoms with Crippen LogP contribution in [0.25, 0.3) is 0 Å². The summed E-state index contributed by atoms with van der Waals surface area (Å²) in [6, 6.07) is 7.66. The Morgan fingerprint density at radius 1 is 1.17 bits per heavy atom. The van der Waals surface area contributed by atoms with Crippen molar-refractivity contribution in [3.63, 3.8) is 0 Å². The highest BCUT2D eigenvalue weighted by Crippen LogP contribution is 2.34. The quantitative estimate of drug-likeness (QED) is 0.585. The van der Waals surface area contributed by atoms with Gasteiger partial charge in [0.2, 0.25) is 17.7 Å². The summed E-state index contributed by atoms with van der Waals surface area (Å²) in [5.41, 5.74) is 0.977. The average molecular weight is 391 g/mol. The van der Waals surface area contributed by atoms with Gasteiger partial charge >= 0.3 is 0 Å². The summed E-state index contributed by atoms with van der Waals surface area (Å²) in [7, 11) is 1.68. The summed E-state index contributed by atoms with van der Waals surface area (Å²) >= 11 is 3.46. The van der Waals surface area contributed by atoms with Gasteiger partial charge in [0.05, 0.1) is 11.8 Å². The minimum absolute atomic E-state index is 0.175. The maximum absolute atomic E-state index is 12.5. The first kappa shape index (κ1) is 16.9. The predicted molar refractivity (Wildman–Crippen MR) is 92.7 cm³/mol. The van der Waals surface area contributed by atoms with Gasteiger partial charge in [0.25, 0.3) is 0 Å². The van der Waals surface area contributed by atoms with E-state index in [0.29, 0.717) is 19.4 Å². The van der Waals surface area contributed by atoms with Crippen LogP contribution in [-0.2, 0) is 20.9 Å². The number of amides is 3. The second-order valence-electron chi connectivity index (χ2n) is 6.26. The van der Waals surface area contributed by atoms with Gasteiger partial charge in [-0.15, -0.1) is 0 Å². The molecule has 1 fully saturated rings. The molecule has 0 aromatic heterocycles. The van der Waals surface area contributed by atoms with Crippen LogP contribution in [0.4, 0.5) is 0 Å². The van der Waals surface area contributed by atoms with Crippen molar-refractivity contribution in [3.05, 3.63) is 46.5 Å². The summed E-state index contributed by atoms with van der Waals surface area (Å²) in [5, 5.41) is 0. The smallest absolute Gasteiger partial charge is 0.242 e. The number of halogens is 1. The standard InChI is InChI=1S/C18H19BrN2O3/c1-20(10-12-6-2-5-9-15(12)19)16(22)11-21-17(23)13-7-3-4-8-14(13)18(21)24/h2-6,9,13-14H,7-8,10-11H2,1H3. The van der Waals surface area contributed by atoms with Crippen molar-refractivity contribution in [1.82, 2.24) is 9.80 Å². The molecule has 1 saturated heterocycles. The van der Waals surface area contributed by atoms with E-state index in [4.69, 9.17) is 0 Å². The second kappa shape index (κ2) is 6.89. The van der Waals surface area contributed by atoms with E-state index in [2.05, 4.69) is 15.9 Å². The Kier molecular flexibility index (Phi) is 4.85. The summed E-state index contributed by atoms with van der Waals surface area (Å²) in [6.07, 6.45) is 5.06. The van der Waals surface area contributed by atoms with E-state index >= 15 is 0 Å². The Morgan fingerprint density at radius 3 is 2.33 bits per heavy atom. The van der Waals surface area contributed by atoms with Crippen LogP contribution in [0.2, 0.25) is 0 Å². The third-order valence-corrected chi connectivity index (χ3v) is 5.46. The molecule has 0 bridgehead atoms. The normalized spacial score (nSPS) is 22.7. The first-order valence-electron chi connectivity index (χ1n) is 7.96. The topological polar surface area (TPSA) is 57.7 Å². The zero-order valence-electron chi connectivity index (χ0n) is 13.4. The lowest BCUT2D eigenvalue weighted by atomic mass is 9.85. The Balaban J connectivity index is 1.65. The minimum atomic E-state index is -0.288. The van der Waals surface area contributed by atoms with Gasteiger partial charge in [-0.3, -0.25) is 19.3 Å². The Hall–Kier alpha value is -1.95. The van der Waals surface area contributed by atoms with E-state index in [1.165, 1.54) is 0 Å². The van der Waals surface area contributed by atoms with E-state index in [1.54, 1.807) is 11.9 Å². The van der Waals surface area contributed by atoms with Crippen molar-refractivity contribution < 1.29 is 14.4 Å². The molecule has 2 unspecified atom stereocenters. The third-order valence-electron chi connectivity index (χ3n) is 4.68. The molecule has 24 heavy (non-hydrogen) atoms. The lowest BCUT2D eigenvalue weighted by Gasteiger charge is -2.21. The average Bonchev–Trinajstić information content (AvgIpc) is 2.82. The molecule has 0 radical (unpaired) electrons. The van der Waals surface area contributed by atoms with Gasteiger partial charge in [-0.25, -0.2) is 0 Å². The maximum atomic E-state index is 12.5. The molecule has 5 nitrogen and oxygen atoms in total. The fourth-order valence-electron chi connectivity index (χ4n) is 3.25. The fraction of sp³-hybridized carbons (Fsp3) is 0.389. The predicted octanol–water partition coefficient (Wildman–Crippen LogP) is 2.36. The Morgan fingerprint density at radius 2 is 1.75 bits per heavy atom. The van der Waals surface area contributed by atoms with Gasteiger partial charge in [-0.2, -0.15) is 0 Å². The number of likely N-dealkylation sites (N-methyl/N-ethyl adjacent to an activating group) is 1. The fourth-order valence-corrected chi connectivity index (χ4v) is 3.66. The lowest BCUT2D eigenvalue weighted by Crippen LogP contribution is -2.41. The summed E-state index contributed by atoms with van der Waals surface area (Å²) in [6.45, 7) is 0.247. The largest absolute Gasteiger partial charge is 0.340 e. The van der Waals surface area contributed by atoms with E-state index in [1.807, 2.05) is 36.4 Å². The SMILES string of the molecule is CN(Cc1ccccc1Br)C(=O)CN1C(=O)C2CC=CCC2C1=O. The van der Waals surface area contributed by atoms with Gasteiger partial charge in [0.1, 0.15) is 6.54 Å². The van der Waals surface area contributed by atoms with Gasteiger partial charge in [-0.1, -0.05) is 46.3 Å². The molecule has 1 heterocycles. The molecule has 1 aromatic rings. The van der Waals surface area contributed by atoms with Crippen molar-refractivity contribution in [2.24, 2.45) is 11.8 Å². The number of carbonyl (C=O) groups is 3. The molecule has 1 aromatic carbocycles. The number of rotatable bonds is 4. The van der Waals surface area contributed by atoms with E-state index in [-0.39, 0.29) is 36.1 Å². The molecule has 0 N–H and O–H groups in total. The van der Waals surface area contributed by atoms with E-state index < -0.39 is 0 Å². The highest BCUT2D eigenvalue weighted by molar-refractivity contribution is 9.10. The van der Waals surface area contributed by atoms with Crippen LogP contribution in [0.5, 0.6) is 0 Å². The molecular weight excluding hydrogens is 372 g/mol. The molecule has 1 aliphatic carbocycles. The molecular formula is C18H19BrN2O3. The van der Waals surface area contributed by atoms with Crippen LogP contribution >= 0.6 is 15.9 Å². The number of fused-ring (bicyclic) bond motifs is 1. The van der Waals surface area contributed by atoms with Crippen LogP contribution in [-0.4, -0.2) is 41.1 Å². The molecule has 0 spiro atoms. The number of nitrogens with zero attached hydrogens (tertiary/aromatic N) is 2. The molecule has 3 rings (SSSR count). The van der Waals surface area contributed by atoms with E-state index in [9.17, 15) is 14.4 Å². The van der Waals surface area contributed by atoms with Crippen molar-refractivity contribution in [3.8, 4) is 0 Å². The molecule has 1 aliphatic heterocycles. The first-order valence-corrected chi connectivity index (χ1v) is 8.76. The number of hydrogen-bond donors (Lipinski definition) is 0. The van der Waals surface area contributed by atoms with Crippen LogP contribution in [0, 0.1) is 11.8 Å². The van der Waals surface area contributed by atoms with Gasteiger partial charge in [-0.05, 0) is 24.5 Å². The molecule has 2 aliphatic rings. The zero-order chi connectivity index (χ0) is 17.3. The van der Waals surface area contributed by atoms with Gasteiger partial charge in [0.15, 0.2) is 0 Å². The maximum Gasteiger partial charge on any atom is 0.242 e.